The predicted octanol–water partition coefficient (Wildman–Crippen LogP) is 1.29. The highest BCUT2D eigenvalue weighted by Gasteiger charge is 2.19. The van der Waals surface area contributed by atoms with E-state index in [9.17, 15) is 9.59 Å². The third-order valence-electron chi connectivity index (χ3n) is 3.28. The Balaban J connectivity index is 1.63. The van der Waals surface area contributed by atoms with Gasteiger partial charge in [-0.05, 0) is 12.1 Å². The van der Waals surface area contributed by atoms with Gasteiger partial charge in [-0.2, -0.15) is 0 Å². The van der Waals surface area contributed by atoms with E-state index in [0.29, 0.717) is 31.8 Å². The van der Waals surface area contributed by atoms with Crippen LogP contribution in [-0.2, 0) is 16.0 Å². The zero-order chi connectivity index (χ0) is 14.7. The number of amides is 2. The standard InChI is InChI=1S/C14H15N3O3S/c18-12-3-5-17(6-4-15-12)13(19)8-10-9-21-14(16-10)11-2-1-7-20-11/h1-2,7,9H,3-6,8H2,(H,15,18). The molecule has 0 unspecified atom stereocenters. The zero-order valence-corrected chi connectivity index (χ0v) is 12.2. The van der Waals surface area contributed by atoms with Gasteiger partial charge in [0, 0.05) is 31.4 Å². The number of carbonyl (C=O) groups is 2. The van der Waals surface area contributed by atoms with Crippen LogP contribution in [0.4, 0.5) is 0 Å². The van der Waals surface area contributed by atoms with Gasteiger partial charge in [-0.25, -0.2) is 4.98 Å². The lowest BCUT2D eigenvalue weighted by Gasteiger charge is -2.18. The van der Waals surface area contributed by atoms with Gasteiger partial charge < -0.3 is 14.6 Å². The van der Waals surface area contributed by atoms with Crippen molar-refractivity contribution in [2.75, 3.05) is 19.6 Å². The molecular formula is C14H15N3O3S. The Kier molecular flexibility index (Phi) is 4.01. The van der Waals surface area contributed by atoms with Gasteiger partial charge in [0.05, 0.1) is 18.4 Å². The molecule has 110 valence electrons. The molecule has 0 spiro atoms. The Morgan fingerprint density at radius 2 is 2.38 bits per heavy atom. The van der Waals surface area contributed by atoms with Crippen LogP contribution < -0.4 is 5.32 Å². The number of hydrogen-bond acceptors (Lipinski definition) is 5. The molecule has 3 rings (SSSR count). The van der Waals surface area contributed by atoms with Crippen molar-refractivity contribution in [3.63, 3.8) is 0 Å². The SMILES string of the molecule is O=C1CCN(C(=O)Cc2csc(-c3ccco3)n2)CCN1. The molecule has 0 saturated carbocycles. The molecule has 1 N–H and O–H groups in total. The molecule has 3 heterocycles. The summed E-state index contributed by atoms with van der Waals surface area (Å²) in [4.78, 5) is 29.7. The summed E-state index contributed by atoms with van der Waals surface area (Å²) in [6, 6.07) is 3.65. The van der Waals surface area contributed by atoms with E-state index in [0.717, 1.165) is 10.7 Å². The Morgan fingerprint density at radius 1 is 1.48 bits per heavy atom. The molecule has 6 nitrogen and oxygen atoms in total. The predicted molar refractivity (Wildman–Crippen MR) is 77.7 cm³/mol. The largest absolute Gasteiger partial charge is 0.462 e. The average Bonchev–Trinajstić information content (AvgIpc) is 3.09. The van der Waals surface area contributed by atoms with Crippen LogP contribution in [0.5, 0.6) is 0 Å². The van der Waals surface area contributed by atoms with Crippen LogP contribution in [0.25, 0.3) is 10.8 Å². The normalized spacial score (nSPS) is 15.6. The van der Waals surface area contributed by atoms with Gasteiger partial charge in [0.15, 0.2) is 10.8 Å². The number of carbonyl (C=O) groups excluding carboxylic acids is 2. The van der Waals surface area contributed by atoms with Crippen molar-refractivity contribution in [1.29, 1.82) is 0 Å². The molecular weight excluding hydrogens is 290 g/mol. The lowest BCUT2D eigenvalue weighted by Crippen LogP contribution is -2.35. The van der Waals surface area contributed by atoms with Crippen LogP contribution >= 0.6 is 11.3 Å². The topological polar surface area (TPSA) is 75.4 Å². The fourth-order valence-electron chi connectivity index (χ4n) is 2.18. The van der Waals surface area contributed by atoms with E-state index in [2.05, 4.69) is 10.3 Å². The number of aromatic nitrogens is 1. The monoisotopic (exact) mass is 305 g/mol. The molecule has 0 radical (unpaired) electrons. The van der Waals surface area contributed by atoms with Crippen molar-refractivity contribution in [3.05, 3.63) is 29.5 Å². The van der Waals surface area contributed by atoms with E-state index in [4.69, 9.17) is 4.42 Å². The number of furan rings is 1. The Bertz CT molecular complexity index is 636. The molecule has 2 aromatic rings. The first-order valence-electron chi connectivity index (χ1n) is 6.75. The van der Waals surface area contributed by atoms with E-state index in [1.807, 2.05) is 17.5 Å². The molecule has 1 fully saturated rings. The summed E-state index contributed by atoms with van der Waals surface area (Å²) in [6.07, 6.45) is 2.22. The van der Waals surface area contributed by atoms with Crippen LogP contribution in [0.1, 0.15) is 12.1 Å². The smallest absolute Gasteiger partial charge is 0.228 e. The molecule has 0 atom stereocenters. The lowest BCUT2D eigenvalue weighted by atomic mass is 10.3. The van der Waals surface area contributed by atoms with Crippen molar-refractivity contribution in [1.82, 2.24) is 15.2 Å². The summed E-state index contributed by atoms with van der Waals surface area (Å²) < 4.78 is 5.29. The second kappa shape index (κ2) is 6.09. The second-order valence-electron chi connectivity index (χ2n) is 4.78. The molecule has 1 saturated heterocycles. The molecule has 1 aliphatic heterocycles. The Morgan fingerprint density at radius 3 is 3.19 bits per heavy atom. The molecule has 2 aromatic heterocycles. The minimum absolute atomic E-state index is 0.000867. The van der Waals surface area contributed by atoms with Crippen LogP contribution in [0, 0.1) is 0 Å². The van der Waals surface area contributed by atoms with E-state index in [-0.39, 0.29) is 18.2 Å². The zero-order valence-electron chi connectivity index (χ0n) is 11.4. The maximum atomic E-state index is 12.3. The Hall–Kier alpha value is -2.15. The summed E-state index contributed by atoms with van der Waals surface area (Å²) in [5, 5.41) is 5.40. The lowest BCUT2D eigenvalue weighted by molar-refractivity contribution is -0.130. The van der Waals surface area contributed by atoms with Gasteiger partial charge >= 0.3 is 0 Å². The first-order valence-corrected chi connectivity index (χ1v) is 7.63. The molecule has 1 aliphatic rings. The highest BCUT2D eigenvalue weighted by Crippen LogP contribution is 2.24. The van der Waals surface area contributed by atoms with Crippen molar-refractivity contribution < 1.29 is 14.0 Å². The van der Waals surface area contributed by atoms with Crippen molar-refractivity contribution in [2.45, 2.75) is 12.8 Å². The van der Waals surface area contributed by atoms with Gasteiger partial charge in [-0.3, -0.25) is 9.59 Å². The fourth-order valence-corrected chi connectivity index (χ4v) is 2.97. The van der Waals surface area contributed by atoms with Crippen molar-refractivity contribution in [2.24, 2.45) is 0 Å². The average molecular weight is 305 g/mol. The summed E-state index contributed by atoms with van der Waals surface area (Å²) in [6.45, 7) is 1.54. The van der Waals surface area contributed by atoms with Gasteiger partial charge in [-0.1, -0.05) is 0 Å². The van der Waals surface area contributed by atoms with Crippen LogP contribution in [0.15, 0.2) is 28.2 Å². The summed E-state index contributed by atoms with van der Waals surface area (Å²) in [5.74, 6) is 0.713. The Labute approximate surface area is 125 Å². The molecule has 2 amide bonds. The van der Waals surface area contributed by atoms with E-state index < -0.39 is 0 Å². The van der Waals surface area contributed by atoms with E-state index in [1.54, 1.807) is 11.2 Å². The van der Waals surface area contributed by atoms with Crippen LogP contribution in [0.2, 0.25) is 0 Å². The maximum absolute atomic E-state index is 12.3. The molecule has 0 aromatic carbocycles. The number of nitrogens with zero attached hydrogens (tertiary/aromatic N) is 2. The minimum Gasteiger partial charge on any atom is -0.462 e. The van der Waals surface area contributed by atoms with Crippen LogP contribution in [0.3, 0.4) is 0 Å². The molecule has 0 aliphatic carbocycles. The molecule has 21 heavy (non-hydrogen) atoms. The second-order valence-corrected chi connectivity index (χ2v) is 5.64. The third-order valence-corrected chi connectivity index (χ3v) is 4.19. The number of rotatable bonds is 3. The summed E-state index contributed by atoms with van der Waals surface area (Å²) >= 11 is 1.46. The first kappa shape index (κ1) is 13.8. The van der Waals surface area contributed by atoms with Gasteiger partial charge in [0.2, 0.25) is 11.8 Å². The fraction of sp³-hybridized carbons (Fsp3) is 0.357. The number of thiazole rings is 1. The quantitative estimate of drug-likeness (QED) is 0.927. The van der Waals surface area contributed by atoms with Crippen molar-refractivity contribution in [3.8, 4) is 10.8 Å². The molecule has 0 bridgehead atoms. The van der Waals surface area contributed by atoms with Crippen molar-refractivity contribution >= 4 is 23.2 Å². The third kappa shape index (κ3) is 3.30. The van der Waals surface area contributed by atoms with E-state index in [1.165, 1.54) is 11.3 Å². The van der Waals surface area contributed by atoms with Gasteiger partial charge in [0.25, 0.3) is 0 Å². The summed E-state index contributed by atoms with van der Waals surface area (Å²) in [5.41, 5.74) is 0.736. The first-order chi connectivity index (χ1) is 10.2. The summed E-state index contributed by atoms with van der Waals surface area (Å²) in [7, 11) is 0. The molecule has 7 heteroatoms. The number of hydrogen-bond donors (Lipinski definition) is 1. The highest BCUT2D eigenvalue weighted by atomic mass is 32.1. The highest BCUT2D eigenvalue weighted by molar-refractivity contribution is 7.13. The number of nitrogens with one attached hydrogen (secondary N) is 1. The van der Waals surface area contributed by atoms with Crippen LogP contribution in [-0.4, -0.2) is 41.3 Å². The minimum atomic E-state index is -0.000867. The van der Waals surface area contributed by atoms with Gasteiger partial charge in [-0.15, -0.1) is 11.3 Å². The van der Waals surface area contributed by atoms with E-state index >= 15 is 0 Å². The maximum Gasteiger partial charge on any atom is 0.228 e. The van der Waals surface area contributed by atoms with Gasteiger partial charge in [0.1, 0.15) is 0 Å².